The van der Waals surface area contributed by atoms with E-state index >= 15 is 0 Å². The molecule has 2 aromatic rings. The number of hydrogen-bond donors (Lipinski definition) is 1. The van der Waals surface area contributed by atoms with Gasteiger partial charge in [-0.3, -0.25) is 0 Å². The van der Waals surface area contributed by atoms with Crippen molar-refractivity contribution in [1.29, 1.82) is 0 Å². The van der Waals surface area contributed by atoms with Crippen LogP contribution in [0.4, 0.5) is 10.1 Å². The molecule has 0 aliphatic rings. The summed E-state index contributed by atoms with van der Waals surface area (Å²) in [6.45, 7) is 0.345. The molecule has 0 amide bonds. The first-order chi connectivity index (χ1) is 10.0. The van der Waals surface area contributed by atoms with Crippen LogP contribution in [0.25, 0.3) is 0 Å². The molecular weight excluding hydrogens is 316 g/mol. The number of methoxy groups -OCH3 is 2. The molecule has 0 saturated heterocycles. The number of halogens is 3. The first kappa shape index (κ1) is 15.7. The van der Waals surface area contributed by atoms with Gasteiger partial charge in [-0.15, -0.1) is 0 Å². The number of benzene rings is 2. The third-order valence-electron chi connectivity index (χ3n) is 2.95. The number of rotatable bonds is 5. The van der Waals surface area contributed by atoms with E-state index in [2.05, 4.69) is 5.32 Å². The molecule has 0 bridgehead atoms. The van der Waals surface area contributed by atoms with Crippen LogP contribution in [0.2, 0.25) is 10.0 Å². The van der Waals surface area contributed by atoms with Crippen LogP contribution >= 0.6 is 23.2 Å². The van der Waals surface area contributed by atoms with Gasteiger partial charge in [0.25, 0.3) is 0 Å². The molecule has 0 radical (unpaired) electrons. The maximum absolute atomic E-state index is 13.2. The van der Waals surface area contributed by atoms with Crippen LogP contribution in [0.1, 0.15) is 5.56 Å². The summed E-state index contributed by atoms with van der Waals surface area (Å²) in [7, 11) is 3.07. The van der Waals surface area contributed by atoms with Gasteiger partial charge in [0.15, 0.2) is 0 Å². The van der Waals surface area contributed by atoms with Gasteiger partial charge in [0, 0.05) is 23.7 Å². The molecule has 0 aliphatic heterocycles. The van der Waals surface area contributed by atoms with Crippen LogP contribution in [0.5, 0.6) is 11.5 Å². The van der Waals surface area contributed by atoms with E-state index in [1.807, 2.05) is 0 Å². The van der Waals surface area contributed by atoms with Gasteiger partial charge in [0.2, 0.25) is 0 Å². The molecule has 0 unspecified atom stereocenters. The van der Waals surface area contributed by atoms with Crippen LogP contribution in [-0.2, 0) is 6.54 Å². The minimum Gasteiger partial charge on any atom is -0.495 e. The minimum atomic E-state index is -0.336. The van der Waals surface area contributed by atoms with Gasteiger partial charge >= 0.3 is 0 Å². The second-order valence-electron chi connectivity index (χ2n) is 4.28. The average molecular weight is 330 g/mol. The summed E-state index contributed by atoms with van der Waals surface area (Å²) < 4.78 is 23.7. The SMILES string of the molecule is COc1cc(NCc2cc(F)ccc2Cl)c(OC)cc1Cl. The van der Waals surface area contributed by atoms with Gasteiger partial charge in [-0.1, -0.05) is 23.2 Å². The monoisotopic (exact) mass is 329 g/mol. The predicted octanol–water partition coefficient (Wildman–Crippen LogP) is 4.76. The molecule has 2 rings (SSSR count). The molecule has 0 aromatic heterocycles. The first-order valence-electron chi connectivity index (χ1n) is 6.14. The second-order valence-corrected chi connectivity index (χ2v) is 5.09. The highest BCUT2D eigenvalue weighted by molar-refractivity contribution is 6.32. The van der Waals surface area contributed by atoms with E-state index in [9.17, 15) is 4.39 Å². The van der Waals surface area contributed by atoms with Crippen LogP contribution in [0.3, 0.4) is 0 Å². The van der Waals surface area contributed by atoms with E-state index in [1.54, 1.807) is 19.2 Å². The standard InChI is InChI=1S/C15H14Cl2FNO2/c1-20-14-7-13(15(21-2)6-12(14)17)19-8-9-5-10(18)3-4-11(9)16/h3-7,19H,8H2,1-2H3. The number of anilines is 1. The van der Waals surface area contributed by atoms with Gasteiger partial charge < -0.3 is 14.8 Å². The van der Waals surface area contributed by atoms with E-state index in [0.717, 1.165) is 0 Å². The lowest BCUT2D eigenvalue weighted by atomic mass is 10.2. The van der Waals surface area contributed by atoms with Crippen LogP contribution in [-0.4, -0.2) is 14.2 Å². The Balaban J connectivity index is 2.24. The Labute approximate surface area is 132 Å². The molecule has 0 spiro atoms. The molecule has 112 valence electrons. The van der Waals surface area contributed by atoms with Crippen molar-refractivity contribution in [3.05, 3.63) is 51.8 Å². The normalized spacial score (nSPS) is 10.3. The van der Waals surface area contributed by atoms with Gasteiger partial charge in [-0.25, -0.2) is 4.39 Å². The zero-order chi connectivity index (χ0) is 15.4. The van der Waals surface area contributed by atoms with E-state index in [-0.39, 0.29) is 5.82 Å². The van der Waals surface area contributed by atoms with Crippen molar-refractivity contribution in [3.63, 3.8) is 0 Å². The van der Waals surface area contributed by atoms with E-state index in [4.69, 9.17) is 32.7 Å². The Bertz CT molecular complexity index is 650. The molecule has 6 heteroatoms. The van der Waals surface area contributed by atoms with Crippen molar-refractivity contribution in [2.75, 3.05) is 19.5 Å². The van der Waals surface area contributed by atoms with Gasteiger partial charge in [-0.05, 0) is 23.8 Å². The Morgan fingerprint density at radius 1 is 1.00 bits per heavy atom. The molecular formula is C15H14Cl2FNO2. The maximum atomic E-state index is 13.2. The molecule has 3 nitrogen and oxygen atoms in total. The minimum absolute atomic E-state index is 0.336. The Kier molecular flexibility index (Phi) is 5.15. The fraction of sp³-hybridized carbons (Fsp3) is 0.200. The third kappa shape index (κ3) is 3.71. The lowest BCUT2D eigenvalue weighted by Gasteiger charge is -2.14. The van der Waals surface area contributed by atoms with E-state index in [0.29, 0.717) is 39.3 Å². The highest BCUT2D eigenvalue weighted by Gasteiger charge is 2.10. The quantitative estimate of drug-likeness (QED) is 0.857. The van der Waals surface area contributed by atoms with Gasteiger partial charge in [0.05, 0.1) is 24.9 Å². The van der Waals surface area contributed by atoms with Crippen molar-refractivity contribution in [2.24, 2.45) is 0 Å². The van der Waals surface area contributed by atoms with Gasteiger partial charge in [0.1, 0.15) is 17.3 Å². The summed E-state index contributed by atoms with van der Waals surface area (Å²) in [6.07, 6.45) is 0. The smallest absolute Gasteiger partial charge is 0.143 e. The van der Waals surface area contributed by atoms with Crippen molar-refractivity contribution < 1.29 is 13.9 Å². The van der Waals surface area contributed by atoms with Crippen molar-refractivity contribution >= 4 is 28.9 Å². The summed E-state index contributed by atoms with van der Waals surface area (Å²) >= 11 is 12.1. The average Bonchev–Trinajstić information content (AvgIpc) is 2.48. The Morgan fingerprint density at radius 3 is 2.38 bits per heavy atom. The van der Waals surface area contributed by atoms with Gasteiger partial charge in [-0.2, -0.15) is 0 Å². The van der Waals surface area contributed by atoms with Crippen molar-refractivity contribution in [1.82, 2.24) is 0 Å². The fourth-order valence-corrected chi connectivity index (χ4v) is 2.28. The molecule has 0 heterocycles. The molecule has 0 saturated carbocycles. The summed E-state index contributed by atoms with van der Waals surface area (Å²) in [5, 5.41) is 4.07. The molecule has 2 aromatic carbocycles. The summed E-state index contributed by atoms with van der Waals surface area (Å²) in [4.78, 5) is 0. The Hall–Kier alpha value is -1.65. The largest absolute Gasteiger partial charge is 0.495 e. The number of ether oxygens (including phenoxy) is 2. The highest BCUT2D eigenvalue weighted by atomic mass is 35.5. The van der Waals surface area contributed by atoms with Crippen LogP contribution in [0.15, 0.2) is 30.3 Å². The molecule has 0 fully saturated rings. The lowest BCUT2D eigenvalue weighted by molar-refractivity contribution is 0.404. The first-order valence-corrected chi connectivity index (χ1v) is 6.90. The van der Waals surface area contributed by atoms with Crippen LogP contribution < -0.4 is 14.8 Å². The molecule has 0 atom stereocenters. The summed E-state index contributed by atoms with van der Waals surface area (Å²) in [5.74, 6) is 0.746. The fourth-order valence-electron chi connectivity index (χ4n) is 1.87. The maximum Gasteiger partial charge on any atom is 0.143 e. The summed E-state index contributed by atoms with van der Waals surface area (Å²) in [6, 6.07) is 7.59. The molecule has 21 heavy (non-hydrogen) atoms. The van der Waals surface area contributed by atoms with Crippen LogP contribution in [0, 0.1) is 5.82 Å². The van der Waals surface area contributed by atoms with E-state index in [1.165, 1.54) is 25.3 Å². The molecule has 0 aliphatic carbocycles. The predicted molar refractivity (Wildman–Crippen MR) is 83.3 cm³/mol. The molecule has 1 N–H and O–H groups in total. The second kappa shape index (κ2) is 6.87. The van der Waals surface area contributed by atoms with Crippen molar-refractivity contribution in [2.45, 2.75) is 6.54 Å². The van der Waals surface area contributed by atoms with E-state index < -0.39 is 0 Å². The number of hydrogen-bond acceptors (Lipinski definition) is 3. The number of nitrogens with one attached hydrogen (secondary N) is 1. The topological polar surface area (TPSA) is 30.5 Å². The zero-order valence-corrected chi connectivity index (χ0v) is 13.1. The highest BCUT2D eigenvalue weighted by Crippen LogP contribution is 2.36. The Morgan fingerprint density at radius 2 is 1.71 bits per heavy atom. The lowest BCUT2D eigenvalue weighted by Crippen LogP contribution is -2.03. The third-order valence-corrected chi connectivity index (χ3v) is 3.62. The van der Waals surface area contributed by atoms with Crippen molar-refractivity contribution in [3.8, 4) is 11.5 Å². The zero-order valence-electron chi connectivity index (χ0n) is 11.5. The summed E-state index contributed by atoms with van der Waals surface area (Å²) in [5.41, 5.74) is 1.33.